The van der Waals surface area contributed by atoms with Crippen LogP contribution >= 0.6 is 21.6 Å². The van der Waals surface area contributed by atoms with Crippen LogP contribution < -0.4 is 19.7 Å². The monoisotopic (exact) mass is 448 g/mol. The molecular weight excluding hydrogens is 428 g/mol. The molecule has 3 heterocycles. The summed E-state index contributed by atoms with van der Waals surface area (Å²) in [4.78, 5) is 27.2. The zero-order chi connectivity index (χ0) is 21.1. The molecule has 30 heavy (non-hydrogen) atoms. The predicted octanol–water partition coefficient (Wildman–Crippen LogP) is 3.22. The number of nitrogens with one attached hydrogen (secondary N) is 1. The first kappa shape index (κ1) is 20.5. The van der Waals surface area contributed by atoms with Crippen LogP contribution in [-0.4, -0.2) is 50.7 Å². The summed E-state index contributed by atoms with van der Waals surface area (Å²) >= 11 is 0. The van der Waals surface area contributed by atoms with Crippen molar-refractivity contribution in [2.45, 2.75) is 11.3 Å². The molecule has 8 nitrogen and oxygen atoms in total. The Morgan fingerprint density at radius 1 is 1.33 bits per heavy atom. The highest BCUT2D eigenvalue weighted by Crippen LogP contribution is 2.50. The molecule has 3 aliphatic heterocycles. The van der Waals surface area contributed by atoms with Crippen molar-refractivity contribution >= 4 is 39.3 Å². The van der Waals surface area contributed by atoms with Gasteiger partial charge in [-0.3, -0.25) is 9.69 Å². The second kappa shape index (κ2) is 8.97. The van der Waals surface area contributed by atoms with Gasteiger partial charge in [0, 0.05) is 17.2 Å². The fourth-order valence-electron chi connectivity index (χ4n) is 3.25. The van der Waals surface area contributed by atoms with Gasteiger partial charge in [0.1, 0.15) is 29.9 Å². The lowest BCUT2D eigenvalue weighted by atomic mass is 10.2. The first-order valence-electron chi connectivity index (χ1n) is 9.12. The average Bonchev–Trinajstić information content (AvgIpc) is 3.34. The number of ether oxygens (including phenoxy) is 4. The van der Waals surface area contributed by atoms with Crippen LogP contribution in [0.4, 0.5) is 10.5 Å². The molecule has 1 aromatic rings. The summed E-state index contributed by atoms with van der Waals surface area (Å²) in [5.41, 5.74) is 1.39. The molecule has 0 aliphatic carbocycles. The summed E-state index contributed by atoms with van der Waals surface area (Å²) < 4.78 is 21.3. The summed E-state index contributed by atoms with van der Waals surface area (Å²) in [5, 5.41) is 4.39. The smallest absolute Gasteiger partial charge is 0.408 e. The Hall–Kier alpha value is -2.72. The normalized spacial score (nSPS) is 22.1. The molecule has 0 radical (unpaired) electrons. The number of carbonyl (C=O) groups is 2. The summed E-state index contributed by atoms with van der Waals surface area (Å²) in [6.07, 6.45) is 4.75. The summed E-state index contributed by atoms with van der Waals surface area (Å²) in [6, 6.07) is 4.49. The number of carbonyl (C=O) groups excluding carboxylic acids is 2. The Kier molecular flexibility index (Phi) is 6.14. The van der Waals surface area contributed by atoms with Gasteiger partial charge in [-0.1, -0.05) is 27.7 Å². The molecule has 2 unspecified atom stereocenters. The van der Waals surface area contributed by atoms with Gasteiger partial charge in [-0.15, -0.1) is 0 Å². The van der Waals surface area contributed by atoms with Gasteiger partial charge in [-0.25, -0.2) is 4.79 Å². The van der Waals surface area contributed by atoms with Crippen molar-refractivity contribution in [3.63, 3.8) is 0 Å². The van der Waals surface area contributed by atoms with Crippen LogP contribution in [0.15, 0.2) is 53.3 Å². The molecule has 1 saturated heterocycles. The number of hydrogen-bond donors (Lipinski definition) is 1. The van der Waals surface area contributed by atoms with Crippen molar-refractivity contribution < 1.29 is 28.5 Å². The zero-order valence-corrected chi connectivity index (χ0v) is 18.0. The van der Waals surface area contributed by atoms with E-state index in [0.29, 0.717) is 29.6 Å². The van der Waals surface area contributed by atoms with Gasteiger partial charge in [-0.05, 0) is 24.3 Å². The lowest BCUT2D eigenvalue weighted by Gasteiger charge is -2.21. The highest BCUT2D eigenvalue weighted by molar-refractivity contribution is 8.78. The predicted molar refractivity (Wildman–Crippen MR) is 116 cm³/mol. The van der Waals surface area contributed by atoms with Crippen molar-refractivity contribution in [1.82, 2.24) is 5.32 Å². The van der Waals surface area contributed by atoms with E-state index in [2.05, 4.69) is 5.32 Å². The molecule has 158 valence electrons. The second-order valence-electron chi connectivity index (χ2n) is 6.44. The lowest BCUT2D eigenvalue weighted by molar-refractivity contribution is -0.118. The fourth-order valence-corrected chi connectivity index (χ4v) is 5.88. The van der Waals surface area contributed by atoms with Gasteiger partial charge in [0.05, 0.1) is 25.2 Å². The summed E-state index contributed by atoms with van der Waals surface area (Å²) in [6.45, 7) is 0.447. The average molecular weight is 449 g/mol. The Bertz CT molecular complexity index is 945. The number of amides is 2. The Morgan fingerprint density at radius 2 is 2.20 bits per heavy atom. The Morgan fingerprint density at radius 3 is 2.93 bits per heavy atom. The zero-order valence-electron chi connectivity index (χ0n) is 16.3. The third kappa shape index (κ3) is 3.97. The molecule has 4 rings (SSSR count). The maximum atomic E-state index is 13.2. The molecule has 0 spiro atoms. The van der Waals surface area contributed by atoms with Crippen LogP contribution in [0.2, 0.25) is 0 Å². The van der Waals surface area contributed by atoms with Crippen LogP contribution in [-0.2, 0) is 14.3 Å². The molecule has 0 aromatic heterocycles. The van der Waals surface area contributed by atoms with Crippen LogP contribution in [0.3, 0.4) is 0 Å². The van der Waals surface area contributed by atoms with E-state index in [1.165, 1.54) is 28.7 Å². The quantitative estimate of drug-likeness (QED) is 0.664. The number of allylic oxidation sites excluding steroid dienone is 2. The topological polar surface area (TPSA) is 86.3 Å². The largest absolute Gasteiger partial charge is 0.497 e. The number of hydrogen-bond acceptors (Lipinski definition) is 8. The summed E-state index contributed by atoms with van der Waals surface area (Å²) in [7, 11) is 6.13. The number of rotatable bonds is 6. The van der Waals surface area contributed by atoms with Gasteiger partial charge >= 0.3 is 6.09 Å². The number of anilines is 1. The SMILES string of the molecule is COc1ccc(N2C(=O)C(NC(=O)OCC3=CC=CCO3)C3SSC=C32)c(OC)c1. The van der Waals surface area contributed by atoms with E-state index < -0.39 is 12.1 Å². The van der Waals surface area contributed by atoms with Gasteiger partial charge in [0.15, 0.2) is 6.61 Å². The first-order chi connectivity index (χ1) is 14.6. The van der Waals surface area contributed by atoms with Gasteiger partial charge in [-0.2, -0.15) is 0 Å². The van der Waals surface area contributed by atoms with Gasteiger partial charge in [0.25, 0.3) is 5.91 Å². The van der Waals surface area contributed by atoms with Crippen molar-refractivity contribution in [3.8, 4) is 11.5 Å². The molecule has 2 atom stereocenters. The van der Waals surface area contributed by atoms with Gasteiger partial charge < -0.3 is 24.3 Å². The minimum Gasteiger partial charge on any atom is -0.497 e. The minimum atomic E-state index is -0.753. The molecule has 1 fully saturated rings. The molecule has 10 heteroatoms. The first-order valence-corrected chi connectivity index (χ1v) is 11.4. The molecule has 1 N–H and O–H groups in total. The van der Waals surface area contributed by atoms with Crippen LogP contribution in [0.25, 0.3) is 0 Å². The standard InChI is InChI=1S/C20H20N2O6S2/c1-25-12-6-7-14(16(9-12)26-2)22-15-11-29-30-18(15)17(19(22)23)21-20(24)28-10-13-5-3-4-8-27-13/h3-7,9,11,17-18H,8,10H2,1-2H3,(H,21,24). The second-order valence-corrected chi connectivity index (χ2v) is 8.72. The summed E-state index contributed by atoms with van der Waals surface area (Å²) in [5.74, 6) is 1.43. The molecular formula is C20H20N2O6S2. The van der Waals surface area contributed by atoms with Gasteiger partial charge in [0.2, 0.25) is 0 Å². The van der Waals surface area contributed by atoms with Crippen LogP contribution in [0.5, 0.6) is 11.5 Å². The van der Waals surface area contributed by atoms with E-state index in [1.54, 1.807) is 36.3 Å². The van der Waals surface area contributed by atoms with E-state index in [0.717, 1.165) is 5.70 Å². The maximum Gasteiger partial charge on any atom is 0.408 e. The molecule has 0 saturated carbocycles. The maximum absolute atomic E-state index is 13.2. The number of nitrogens with zero attached hydrogens (tertiary/aromatic N) is 1. The molecule has 0 bridgehead atoms. The molecule has 3 aliphatic rings. The van der Waals surface area contributed by atoms with Crippen molar-refractivity contribution in [3.05, 3.63) is 53.3 Å². The number of alkyl carbamates (subject to hydrolysis) is 1. The number of benzene rings is 1. The van der Waals surface area contributed by atoms with E-state index in [9.17, 15) is 9.59 Å². The molecule has 2 amide bonds. The Balaban J connectivity index is 1.50. The highest BCUT2D eigenvalue weighted by Gasteiger charge is 2.49. The van der Waals surface area contributed by atoms with Crippen molar-refractivity contribution in [1.29, 1.82) is 0 Å². The van der Waals surface area contributed by atoms with E-state index in [1.807, 2.05) is 17.6 Å². The van der Waals surface area contributed by atoms with E-state index in [4.69, 9.17) is 18.9 Å². The van der Waals surface area contributed by atoms with Crippen LogP contribution in [0, 0.1) is 0 Å². The Labute approximate surface area is 181 Å². The van der Waals surface area contributed by atoms with E-state index >= 15 is 0 Å². The lowest BCUT2D eigenvalue weighted by Crippen LogP contribution is -2.45. The van der Waals surface area contributed by atoms with Crippen molar-refractivity contribution in [2.75, 3.05) is 32.3 Å². The third-order valence-electron chi connectivity index (χ3n) is 4.70. The fraction of sp³-hybridized carbons (Fsp3) is 0.300. The minimum absolute atomic E-state index is 0.00234. The van der Waals surface area contributed by atoms with E-state index in [-0.39, 0.29) is 17.8 Å². The third-order valence-corrected chi connectivity index (χ3v) is 7.11. The highest BCUT2D eigenvalue weighted by atomic mass is 33.1. The number of methoxy groups -OCH3 is 2. The number of fused-ring (bicyclic) bond motifs is 1. The van der Waals surface area contributed by atoms with Crippen molar-refractivity contribution in [2.24, 2.45) is 0 Å². The molecule has 1 aromatic carbocycles. The van der Waals surface area contributed by atoms with Crippen LogP contribution in [0.1, 0.15) is 0 Å².